The molecule has 0 bridgehead atoms. The quantitative estimate of drug-likeness (QED) is 0.227. The molecule has 0 amide bonds. The van der Waals surface area contributed by atoms with E-state index < -0.39 is 15.8 Å². The summed E-state index contributed by atoms with van der Waals surface area (Å²) in [6, 6.07) is 64.7. The summed E-state index contributed by atoms with van der Waals surface area (Å²) < 4.78 is 0. The third-order valence-corrected chi connectivity index (χ3v) is 11.0. The number of carbonyl (C=O) groups excluding carboxylic acids is 1. The van der Waals surface area contributed by atoms with Crippen molar-refractivity contribution < 1.29 is 49.7 Å². The first kappa shape index (κ1) is 38.1. The number of halogens is 2. The second-order valence-electron chi connectivity index (χ2n) is 8.68. The van der Waals surface area contributed by atoms with Gasteiger partial charge in [-0.3, -0.25) is 0 Å². The smallest absolute Gasteiger partial charge is 0.106 e. The Morgan fingerprint density at radius 1 is 0.279 bits per heavy atom. The maximum Gasteiger partial charge on any atom is 0.106 e. The molecule has 0 spiro atoms. The van der Waals surface area contributed by atoms with Crippen LogP contribution < -0.4 is 56.6 Å². The van der Waals surface area contributed by atoms with Gasteiger partial charge in [-0.1, -0.05) is 182 Å². The maximum atomic E-state index is 8.00. The molecule has 221 valence electrons. The van der Waals surface area contributed by atoms with Gasteiger partial charge in [0.1, 0.15) is 6.79 Å². The molecule has 0 unspecified atom stereocenters. The zero-order valence-corrected chi connectivity index (χ0v) is 29.1. The normalized spacial score (nSPS) is 9.44. The average molecular weight is 818 g/mol. The number of benzene rings is 6. The van der Waals surface area contributed by atoms with Gasteiger partial charge in [0.15, 0.2) is 0 Å². The fraction of sp³-hybridized carbons (Fsp3) is 0. The van der Waals surface area contributed by atoms with E-state index in [2.05, 4.69) is 182 Å². The molecule has 0 saturated heterocycles. The second kappa shape index (κ2) is 21.7. The molecule has 6 rings (SSSR count). The van der Waals surface area contributed by atoms with Crippen LogP contribution in [0.2, 0.25) is 0 Å². The monoisotopic (exact) mass is 817 g/mol. The third-order valence-electron chi connectivity index (χ3n) is 6.09. The fourth-order valence-corrected chi connectivity index (χ4v) is 8.97. The molecule has 0 atom stereocenters. The minimum Gasteiger partial charge on any atom is -1.00 e. The first-order chi connectivity index (χ1) is 19.9. The fourth-order valence-electron chi connectivity index (χ4n) is 4.36. The predicted molar refractivity (Wildman–Crippen MR) is 177 cm³/mol. The zero-order chi connectivity index (χ0) is 27.8. The first-order valence-electron chi connectivity index (χ1n) is 13.1. The Morgan fingerprint density at radius 3 is 0.512 bits per heavy atom. The molecule has 6 aromatic rings. The van der Waals surface area contributed by atoms with Crippen LogP contribution in [-0.4, -0.2) is 6.79 Å². The molecule has 0 saturated carbocycles. The number of rotatable bonds is 6. The van der Waals surface area contributed by atoms with Crippen molar-refractivity contribution >= 4 is 54.5 Å². The Balaban J connectivity index is 0.000000381. The molecule has 0 aliphatic rings. The summed E-state index contributed by atoms with van der Waals surface area (Å²) in [5, 5.41) is 8.39. The van der Waals surface area contributed by atoms with Gasteiger partial charge in [-0.05, 0) is 47.7 Å². The molecule has 6 heteroatoms. The van der Waals surface area contributed by atoms with E-state index in [1.807, 2.05) is 6.79 Å². The Hall–Kier alpha value is -2.92. The van der Waals surface area contributed by atoms with E-state index in [1.165, 1.54) is 31.8 Å². The van der Waals surface area contributed by atoms with Crippen LogP contribution in [0.1, 0.15) is 0 Å². The van der Waals surface area contributed by atoms with Crippen LogP contribution in [0, 0.1) is 0 Å². The molecule has 0 heterocycles. The van der Waals surface area contributed by atoms with Crippen molar-refractivity contribution in [1.82, 2.24) is 0 Å². The summed E-state index contributed by atoms with van der Waals surface area (Å²) >= 11 is 0. The van der Waals surface area contributed by atoms with E-state index in [1.54, 1.807) is 0 Å². The van der Waals surface area contributed by atoms with Crippen LogP contribution in [0.5, 0.6) is 0 Å². The third kappa shape index (κ3) is 11.3. The molecule has 43 heavy (non-hydrogen) atoms. The van der Waals surface area contributed by atoms with E-state index in [4.69, 9.17) is 4.79 Å². The van der Waals surface area contributed by atoms with Crippen molar-refractivity contribution in [2.45, 2.75) is 0 Å². The summed E-state index contributed by atoms with van der Waals surface area (Å²) in [6.07, 6.45) is 0. The summed E-state index contributed by atoms with van der Waals surface area (Å²) in [6.45, 7) is 2.00. The number of hydrogen-bond donors (Lipinski definition) is 0. The Morgan fingerprint density at radius 2 is 0.395 bits per heavy atom. The first-order valence-corrected chi connectivity index (χ1v) is 15.8. The molecule has 0 aromatic heterocycles. The number of carbonyl (C=O) groups is 1. The molecule has 1 nitrogen and oxygen atoms in total. The number of hydrogen-bond acceptors (Lipinski definition) is 1. The van der Waals surface area contributed by atoms with E-state index in [9.17, 15) is 0 Å². The van der Waals surface area contributed by atoms with E-state index >= 15 is 0 Å². The van der Waals surface area contributed by atoms with Gasteiger partial charge < -0.3 is 29.6 Å². The minimum absolute atomic E-state index is 0. The summed E-state index contributed by atoms with van der Waals surface area (Å²) in [4.78, 5) is 8.00. The van der Waals surface area contributed by atoms with Crippen LogP contribution in [0.3, 0.4) is 0 Å². The van der Waals surface area contributed by atoms with Crippen molar-refractivity contribution in [1.29, 1.82) is 0 Å². The molecule has 0 fully saturated rings. The van der Waals surface area contributed by atoms with Crippen LogP contribution in [0.4, 0.5) is 0 Å². The van der Waals surface area contributed by atoms with Crippen LogP contribution in [0.25, 0.3) is 0 Å². The van der Waals surface area contributed by atoms with Crippen molar-refractivity contribution in [3.8, 4) is 0 Å². The van der Waals surface area contributed by atoms with Crippen molar-refractivity contribution in [2.24, 2.45) is 0 Å². The summed E-state index contributed by atoms with van der Waals surface area (Å²) in [5.74, 6) is 0. The standard InChI is InChI=1S/2C18H15P.CH2O.2ClH.Ir/c2*1-4-10-16(11-5-1)19(17-12-6-2-7-13-17)18-14-8-3-9-15-18;1-2;;;/h2*1-15H;1H2;2*1H;/p-2. The molecule has 1 radical (unpaired) electrons. The largest absolute Gasteiger partial charge is 1.00 e. The Kier molecular flexibility index (Phi) is 19.2. The molecule has 0 aliphatic heterocycles. The van der Waals surface area contributed by atoms with E-state index in [-0.39, 0.29) is 44.9 Å². The van der Waals surface area contributed by atoms with Gasteiger partial charge in [0.05, 0.1) is 0 Å². The van der Waals surface area contributed by atoms with Crippen LogP contribution in [0.15, 0.2) is 182 Å². The van der Waals surface area contributed by atoms with Crippen LogP contribution in [-0.2, 0) is 24.9 Å². The van der Waals surface area contributed by atoms with Gasteiger partial charge in [-0.25, -0.2) is 0 Å². The molecule has 6 aromatic carbocycles. The van der Waals surface area contributed by atoms with Gasteiger partial charge in [0.25, 0.3) is 0 Å². The van der Waals surface area contributed by atoms with Crippen molar-refractivity contribution in [3.63, 3.8) is 0 Å². The Bertz CT molecular complexity index is 1210. The topological polar surface area (TPSA) is 17.1 Å². The molecular weight excluding hydrogens is 785 g/mol. The summed E-state index contributed by atoms with van der Waals surface area (Å²) in [5.41, 5.74) is 0. The molecular formula is C37H32Cl2IrOP2-2. The minimum atomic E-state index is -0.446. The molecule has 0 aliphatic carbocycles. The van der Waals surface area contributed by atoms with Gasteiger partial charge in [0.2, 0.25) is 0 Å². The van der Waals surface area contributed by atoms with Crippen molar-refractivity contribution in [2.75, 3.05) is 0 Å². The van der Waals surface area contributed by atoms with Gasteiger partial charge in [-0.15, -0.1) is 0 Å². The predicted octanol–water partition coefficient (Wildman–Crippen LogP) is 0.710. The van der Waals surface area contributed by atoms with E-state index in [0.717, 1.165) is 0 Å². The van der Waals surface area contributed by atoms with Crippen molar-refractivity contribution in [3.05, 3.63) is 182 Å². The van der Waals surface area contributed by atoms with Crippen LogP contribution >= 0.6 is 15.8 Å². The van der Waals surface area contributed by atoms with Gasteiger partial charge in [-0.2, -0.15) is 0 Å². The van der Waals surface area contributed by atoms with Gasteiger partial charge in [0, 0.05) is 20.1 Å². The average Bonchev–Trinajstić information content (AvgIpc) is 3.06. The second-order valence-corrected chi connectivity index (χ2v) is 13.1. The maximum absolute atomic E-state index is 8.00. The van der Waals surface area contributed by atoms with E-state index in [0.29, 0.717) is 0 Å². The van der Waals surface area contributed by atoms with Gasteiger partial charge >= 0.3 is 0 Å². The summed E-state index contributed by atoms with van der Waals surface area (Å²) in [7, 11) is -0.892. The SMILES string of the molecule is C=O.[Cl-].[Cl-].[Ir].c1ccc(P(c2ccccc2)c2ccccc2)cc1.c1ccc(P(c2ccccc2)c2ccccc2)cc1. The zero-order valence-electron chi connectivity index (χ0n) is 23.4. The molecule has 0 N–H and O–H groups in total. The Labute approximate surface area is 284 Å².